The molecule has 0 aliphatic heterocycles. The summed E-state index contributed by atoms with van der Waals surface area (Å²) < 4.78 is 5.83. The molecule has 21 heavy (non-hydrogen) atoms. The van der Waals surface area contributed by atoms with Crippen molar-refractivity contribution in [2.45, 2.75) is 6.10 Å². The van der Waals surface area contributed by atoms with Crippen LogP contribution in [-0.2, 0) is 0 Å². The zero-order valence-electron chi connectivity index (χ0n) is 11.2. The van der Waals surface area contributed by atoms with Crippen molar-refractivity contribution in [3.8, 4) is 5.75 Å². The van der Waals surface area contributed by atoms with Crippen molar-refractivity contribution in [2.24, 2.45) is 0 Å². The standard InChI is InChI=1S/C15H13BrN2O3/c1-21-9-4-2-8(3-5-9)14(19)10-6-12-13(7-11(10)16)18-15(20)17-12/h2-7,14,19H,1H3,(H2,17,18,20). The Balaban J connectivity index is 2.04. The molecule has 2 aromatic carbocycles. The molecular formula is C15H13BrN2O3. The second-order valence-electron chi connectivity index (χ2n) is 4.67. The number of rotatable bonds is 3. The number of hydrogen-bond acceptors (Lipinski definition) is 3. The highest BCUT2D eigenvalue weighted by Gasteiger charge is 2.15. The number of benzene rings is 2. The highest BCUT2D eigenvalue weighted by molar-refractivity contribution is 9.10. The molecule has 0 saturated heterocycles. The molecule has 5 nitrogen and oxygen atoms in total. The molecule has 3 N–H and O–H groups in total. The summed E-state index contributed by atoms with van der Waals surface area (Å²) >= 11 is 3.43. The monoisotopic (exact) mass is 348 g/mol. The van der Waals surface area contributed by atoms with Gasteiger partial charge in [-0.15, -0.1) is 0 Å². The van der Waals surface area contributed by atoms with Gasteiger partial charge in [0.25, 0.3) is 0 Å². The molecule has 0 fully saturated rings. The first-order chi connectivity index (χ1) is 10.1. The van der Waals surface area contributed by atoms with E-state index in [0.717, 1.165) is 15.8 Å². The average molecular weight is 349 g/mol. The van der Waals surface area contributed by atoms with E-state index in [2.05, 4.69) is 25.9 Å². The molecule has 3 aromatic rings. The van der Waals surface area contributed by atoms with Gasteiger partial charge >= 0.3 is 5.69 Å². The van der Waals surface area contributed by atoms with E-state index in [9.17, 15) is 9.90 Å². The van der Waals surface area contributed by atoms with Crippen molar-refractivity contribution in [3.63, 3.8) is 0 Å². The van der Waals surface area contributed by atoms with Crippen LogP contribution >= 0.6 is 15.9 Å². The number of fused-ring (bicyclic) bond motifs is 1. The Morgan fingerprint density at radius 1 is 1.14 bits per heavy atom. The van der Waals surface area contributed by atoms with Gasteiger partial charge in [0.2, 0.25) is 0 Å². The van der Waals surface area contributed by atoms with Gasteiger partial charge < -0.3 is 19.8 Å². The summed E-state index contributed by atoms with van der Waals surface area (Å²) in [6.45, 7) is 0. The average Bonchev–Trinajstić information content (AvgIpc) is 2.85. The van der Waals surface area contributed by atoms with Crippen LogP contribution < -0.4 is 10.4 Å². The molecule has 3 rings (SSSR count). The number of imidazole rings is 1. The zero-order valence-corrected chi connectivity index (χ0v) is 12.8. The Morgan fingerprint density at radius 3 is 2.38 bits per heavy atom. The van der Waals surface area contributed by atoms with Gasteiger partial charge in [0.1, 0.15) is 11.9 Å². The summed E-state index contributed by atoms with van der Waals surface area (Å²) in [5.41, 5.74) is 2.51. The molecule has 0 amide bonds. The van der Waals surface area contributed by atoms with Crippen LogP contribution in [-0.4, -0.2) is 22.2 Å². The third kappa shape index (κ3) is 2.59. The molecular weight excluding hydrogens is 336 g/mol. The predicted molar refractivity (Wildman–Crippen MR) is 83.7 cm³/mol. The molecule has 1 unspecified atom stereocenters. The van der Waals surface area contributed by atoms with Crippen LogP contribution in [0, 0.1) is 0 Å². The quantitative estimate of drug-likeness (QED) is 0.680. The maximum absolute atomic E-state index is 11.3. The Bertz CT molecular complexity index is 836. The van der Waals surface area contributed by atoms with Gasteiger partial charge in [-0.1, -0.05) is 28.1 Å². The number of aliphatic hydroxyl groups is 1. The lowest BCUT2D eigenvalue weighted by molar-refractivity contribution is 0.219. The number of hydrogen-bond donors (Lipinski definition) is 3. The molecule has 0 radical (unpaired) electrons. The zero-order chi connectivity index (χ0) is 15.0. The summed E-state index contributed by atoms with van der Waals surface area (Å²) in [6.07, 6.45) is -0.798. The van der Waals surface area contributed by atoms with Crippen molar-refractivity contribution >= 4 is 27.0 Å². The van der Waals surface area contributed by atoms with Crippen molar-refractivity contribution in [2.75, 3.05) is 7.11 Å². The fourth-order valence-electron chi connectivity index (χ4n) is 2.25. The fraction of sp³-hybridized carbons (Fsp3) is 0.133. The number of methoxy groups -OCH3 is 1. The first-order valence-corrected chi connectivity index (χ1v) is 7.11. The Labute approximate surface area is 128 Å². The van der Waals surface area contributed by atoms with E-state index in [-0.39, 0.29) is 5.69 Å². The van der Waals surface area contributed by atoms with E-state index in [0.29, 0.717) is 16.6 Å². The molecule has 0 aliphatic carbocycles. The van der Waals surface area contributed by atoms with Crippen molar-refractivity contribution in [1.29, 1.82) is 0 Å². The number of nitrogens with one attached hydrogen (secondary N) is 2. The lowest BCUT2D eigenvalue weighted by atomic mass is 10.0. The van der Waals surface area contributed by atoms with Gasteiger partial charge in [-0.3, -0.25) is 0 Å². The van der Waals surface area contributed by atoms with Gasteiger partial charge in [0, 0.05) is 10.0 Å². The Hall–Kier alpha value is -2.05. The number of ether oxygens (including phenoxy) is 1. The minimum atomic E-state index is -0.798. The van der Waals surface area contributed by atoms with Gasteiger partial charge in [0.15, 0.2) is 0 Å². The predicted octanol–water partition coefficient (Wildman–Crippen LogP) is 2.71. The highest BCUT2D eigenvalue weighted by Crippen LogP contribution is 2.31. The van der Waals surface area contributed by atoms with E-state index in [1.165, 1.54) is 0 Å². The van der Waals surface area contributed by atoms with Crippen LogP contribution in [0.3, 0.4) is 0 Å². The maximum atomic E-state index is 11.3. The van der Waals surface area contributed by atoms with Gasteiger partial charge in [-0.2, -0.15) is 0 Å². The lowest BCUT2D eigenvalue weighted by Gasteiger charge is -2.14. The van der Waals surface area contributed by atoms with Crippen molar-refractivity contribution in [1.82, 2.24) is 9.97 Å². The van der Waals surface area contributed by atoms with Crippen LogP contribution in [0.4, 0.5) is 0 Å². The number of aromatic amines is 2. The molecule has 0 bridgehead atoms. The normalized spacial score (nSPS) is 12.5. The molecule has 6 heteroatoms. The summed E-state index contributed by atoms with van der Waals surface area (Å²) in [5, 5.41) is 10.5. The second-order valence-corrected chi connectivity index (χ2v) is 5.53. The summed E-state index contributed by atoms with van der Waals surface area (Å²) in [7, 11) is 1.60. The van der Waals surface area contributed by atoms with Crippen molar-refractivity contribution < 1.29 is 9.84 Å². The topological polar surface area (TPSA) is 78.1 Å². The molecule has 1 heterocycles. The summed E-state index contributed by atoms with van der Waals surface area (Å²) in [6, 6.07) is 10.7. The second kappa shape index (κ2) is 5.38. The minimum absolute atomic E-state index is 0.270. The number of halogens is 1. The summed E-state index contributed by atoms with van der Waals surface area (Å²) in [5.74, 6) is 0.732. The van der Waals surface area contributed by atoms with Crippen LogP contribution in [0.2, 0.25) is 0 Å². The molecule has 108 valence electrons. The largest absolute Gasteiger partial charge is 0.497 e. The SMILES string of the molecule is COc1ccc(C(O)c2cc3[nH]c(=O)[nH]c3cc2Br)cc1. The Morgan fingerprint density at radius 2 is 1.76 bits per heavy atom. The fourth-order valence-corrected chi connectivity index (χ4v) is 2.81. The van der Waals surface area contributed by atoms with Gasteiger partial charge in [-0.05, 0) is 29.8 Å². The third-order valence-electron chi connectivity index (χ3n) is 3.36. The smallest absolute Gasteiger partial charge is 0.323 e. The first-order valence-electron chi connectivity index (χ1n) is 6.32. The Kier molecular flexibility index (Phi) is 3.57. The van der Waals surface area contributed by atoms with Crippen LogP contribution in [0.25, 0.3) is 11.0 Å². The van der Waals surface area contributed by atoms with Crippen LogP contribution in [0.5, 0.6) is 5.75 Å². The van der Waals surface area contributed by atoms with E-state index >= 15 is 0 Å². The summed E-state index contributed by atoms with van der Waals surface area (Å²) in [4.78, 5) is 16.7. The lowest BCUT2D eigenvalue weighted by Crippen LogP contribution is -2.01. The van der Waals surface area contributed by atoms with Crippen molar-refractivity contribution in [3.05, 3.63) is 62.5 Å². The van der Waals surface area contributed by atoms with Gasteiger partial charge in [0.05, 0.1) is 18.1 Å². The molecule has 1 aromatic heterocycles. The highest BCUT2D eigenvalue weighted by atomic mass is 79.9. The number of aliphatic hydroxyl groups excluding tert-OH is 1. The van der Waals surface area contributed by atoms with Crippen LogP contribution in [0.15, 0.2) is 45.7 Å². The van der Waals surface area contributed by atoms with Crippen LogP contribution in [0.1, 0.15) is 17.2 Å². The molecule has 0 spiro atoms. The van der Waals surface area contributed by atoms with E-state index in [1.54, 1.807) is 43.5 Å². The maximum Gasteiger partial charge on any atom is 0.323 e. The number of H-pyrrole nitrogens is 2. The molecule has 1 atom stereocenters. The minimum Gasteiger partial charge on any atom is -0.497 e. The molecule has 0 saturated carbocycles. The first kappa shape index (κ1) is 13.9. The van der Waals surface area contributed by atoms with Gasteiger partial charge in [-0.25, -0.2) is 4.79 Å². The third-order valence-corrected chi connectivity index (χ3v) is 4.05. The van der Waals surface area contributed by atoms with E-state index in [1.807, 2.05) is 0 Å². The van der Waals surface area contributed by atoms with E-state index in [4.69, 9.17) is 4.74 Å². The van der Waals surface area contributed by atoms with E-state index < -0.39 is 6.10 Å². The molecule has 0 aliphatic rings. The number of aromatic nitrogens is 2.